The zero-order chi connectivity index (χ0) is 21.1. The van der Waals surface area contributed by atoms with Crippen LogP contribution >= 0.6 is 11.6 Å². The predicted octanol–water partition coefficient (Wildman–Crippen LogP) is 4.76. The molecule has 0 bridgehead atoms. The van der Waals surface area contributed by atoms with Gasteiger partial charge in [-0.05, 0) is 54.1 Å². The third kappa shape index (κ3) is 4.23. The number of rotatable bonds is 4. The molecule has 7 heteroatoms. The largest absolute Gasteiger partial charge is 0.451 e. The van der Waals surface area contributed by atoms with E-state index in [-0.39, 0.29) is 17.5 Å². The van der Waals surface area contributed by atoms with Gasteiger partial charge in [-0.15, -0.1) is 0 Å². The summed E-state index contributed by atoms with van der Waals surface area (Å²) in [5.41, 5.74) is 1.59. The smallest absolute Gasteiger partial charge is 0.289 e. The molecule has 1 fully saturated rings. The number of benzene rings is 2. The molecule has 1 aromatic heterocycles. The Morgan fingerprint density at radius 1 is 1.00 bits per heavy atom. The van der Waals surface area contributed by atoms with Gasteiger partial charge in [0.05, 0.1) is 6.07 Å². The molecule has 0 radical (unpaired) electrons. The Morgan fingerprint density at radius 3 is 2.30 bits per heavy atom. The molecule has 2 aromatic carbocycles. The van der Waals surface area contributed by atoms with Crippen molar-refractivity contribution in [3.63, 3.8) is 0 Å². The summed E-state index contributed by atoms with van der Waals surface area (Å²) in [6, 6.07) is 18.4. The standard InChI is InChI=1S/C23H19ClFN3O2/c24-18-5-1-17(2-6-18)21-9-10-22(30-21)23(29)28-13-11-27(12-14-28)20(15-26)16-3-7-19(25)8-4-16/h1-10,20H,11-14H2. The molecule has 30 heavy (non-hydrogen) atoms. The van der Waals surface area contributed by atoms with Crippen LogP contribution in [-0.2, 0) is 0 Å². The summed E-state index contributed by atoms with van der Waals surface area (Å²) in [5.74, 6) is 0.380. The number of carbonyl (C=O) groups excluding carboxylic acids is 1. The second kappa shape index (κ2) is 8.70. The molecule has 1 aliphatic rings. The van der Waals surface area contributed by atoms with Gasteiger partial charge in [-0.2, -0.15) is 5.26 Å². The van der Waals surface area contributed by atoms with Crippen LogP contribution in [0.5, 0.6) is 0 Å². The number of piperazine rings is 1. The summed E-state index contributed by atoms with van der Waals surface area (Å²) in [4.78, 5) is 16.6. The van der Waals surface area contributed by atoms with Crippen molar-refractivity contribution in [1.29, 1.82) is 5.26 Å². The highest BCUT2D eigenvalue weighted by molar-refractivity contribution is 6.30. The first-order valence-corrected chi connectivity index (χ1v) is 9.97. The molecular formula is C23H19ClFN3O2. The molecular weight excluding hydrogens is 405 g/mol. The molecule has 1 amide bonds. The molecule has 5 nitrogen and oxygen atoms in total. The maximum atomic E-state index is 13.2. The Morgan fingerprint density at radius 2 is 1.67 bits per heavy atom. The van der Waals surface area contributed by atoms with Gasteiger partial charge in [0.15, 0.2) is 5.76 Å². The summed E-state index contributed by atoms with van der Waals surface area (Å²) in [6.45, 7) is 2.06. The van der Waals surface area contributed by atoms with Gasteiger partial charge >= 0.3 is 0 Å². The van der Waals surface area contributed by atoms with E-state index in [9.17, 15) is 14.4 Å². The van der Waals surface area contributed by atoms with Gasteiger partial charge in [-0.25, -0.2) is 4.39 Å². The fourth-order valence-corrected chi connectivity index (χ4v) is 3.70. The zero-order valence-corrected chi connectivity index (χ0v) is 16.8. The lowest BCUT2D eigenvalue weighted by Gasteiger charge is -2.36. The number of hydrogen-bond donors (Lipinski definition) is 0. The minimum atomic E-state index is -0.469. The van der Waals surface area contributed by atoms with Gasteiger partial charge in [0, 0.05) is 36.8 Å². The van der Waals surface area contributed by atoms with Crippen LogP contribution in [0.3, 0.4) is 0 Å². The molecule has 1 aliphatic heterocycles. The lowest BCUT2D eigenvalue weighted by Crippen LogP contribution is -2.49. The number of halogens is 2. The van der Waals surface area contributed by atoms with Gasteiger partial charge < -0.3 is 9.32 Å². The Balaban J connectivity index is 1.40. The number of nitrogens with zero attached hydrogens (tertiary/aromatic N) is 3. The van der Waals surface area contributed by atoms with E-state index in [1.807, 2.05) is 17.0 Å². The summed E-state index contributed by atoms with van der Waals surface area (Å²) < 4.78 is 18.9. The molecule has 1 atom stereocenters. The van der Waals surface area contributed by atoms with E-state index < -0.39 is 6.04 Å². The molecule has 0 spiro atoms. The minimum Gasteiger partial charge on any atom is -0.451 e. The average Bonchev–Trinajstić information content (AvgIpc) is 3.26. The fraction of sp³-hybridized carbons (Fsp3) is 0.217. The molecule has 1 unspecified atom stereocenters. The van der Waals surface area contributed by atoms with E-state index in [1.165, 1.54) is 12.1 Å². The molecule has 0 aliphatic carbocycles. The van der Waals surface area contributed by atoms with Crippen molar-refractivity contribution >= 4 is 17.5 Å². The van der Waals surface area contributed by atoms with Gasteiger partial charge in [-0.3, -0.25) is 9.69 Å². The monoisotopic (exact) mass is 423 g/mol. The number of furan rings is 1. The number of nitriles is 1. The van der Waals surface area contributed by atoms with E-state index in [4.69, 9.17) is 16.0 Å². The summed E-state index contributed by atoms with van der Waals surface area (Å²) in [5, 5.41) is 10.2. The summed E-state index contributed by atoms with van der Waals surface area (Å²) >= 11 is 5.91. The van der Waals surface area contributed by atoms with Gasteiger partial charge in [-0.1, -0.05) is 23.7 Å². The van der Waals surface area contributed by atoms with Crippen molar-refractivity contribution in [3.05, 3.63) is 82.8 Å². The van der Waals surface area contributed by atoms with Crippen molar-refractivity contribution in [3.8, 4) is 17.4 Å². The average molecular weight is 424 g/mol. The second-order valence-corrected chi connectivity index (χ2v) is 7.52. The van der Waals surface area contributed by atoms with Gasteiger partial charge in [0.2, 0.25) is 0 Å². The van der Waals surface area contributed by atoms with Crippen LogP contribution in [0.15, 0.2) is 65.1 Å². The van der Waals surface area contributed by atoms with Crippen LogP contribution in [0.2, 0.25) is 5.02 Å². The first-order valence-electron chi connectivity index (χ1n) is 9.59. The second-order valence-electron chi connectivity index (χ2n) is 7.08. The van der Waals surface area contributed by atoms with Crippen LogP contribution in [0.4, 0.5) is 4.39 Å². The third-order valence-corrected chi connectivity index (χ3v) is 5.47. The minimum absolute atomic E-state index is 0.176. The van der Waals surface area contributed by atoms with Crippen molar-refractivity contribution in [1.82, 2.24) is 9.80 Å². The van der Waals surface area contributed by atoms with Crippen molar-refractivity contribution < 1.29 is 13.6 Å². The van der Waals surface area contributed by atoms with E-state index in [0.717, 1.165) is 11.1 Å². The highest BCUT2D eigenvalue weighted by Gasteiger charge is 2.28. The fourth-order valence-electron chi connectivity index (χ4n) is 3.57. The van der Waals surface area contributed by atoms with Crippen molar-refractivity contribution in [2.45, 2.75) is 6.04 Å². The Bertz CT molecular complexity index is 1070. The quantitative estimate of drug-likeness (QED) is 0.607. The molecule has 0 N–H and O–H groups in total. The molecule has 3 aromatic rings. The van der Waals surface area contributed by atoms with Crippen LogP contribution in [0.1, 0.15) is 22.2 Å². The first-order chi connectivity index (χ1) is 14.5. The summed E-state index contributed by atoms with van der Waals surface area (Å²) in [7, 11) is 0. The molecule has 1 saturated heterocycles. The number of carbonyl (C=O) groups is 1. The Labute approximate surface area is 178 Å². The van der Waals surface area contributed by atoms with Crippen LogP contribution < -0.4 is 0 Å². The molecule has 152 valence electrons. The maximum Gasteiger partial charge on any atom is 0.289 e. The summed E-state index contributed by atoms with van der Waals surface area (Å²) in [6.07, 6.45) is 0. The van der Waals surface area contributed by atoms with E-state index in [0.29, 0.717) is 37.0 Å². The Hall–Kier alpha value is -3.14. The zero-order valence-electron chi connectivity index (χ0n) is 16.1. The van der Waals surface area contributed by atoms with Crippen LogP contribution in [-0.4, -0.2) is 41.9 Å². The van der Waals surface area contributed by atoms with E-state index >= 15 is 0 Å². The normalized spacial score (nSPS) is 15.6. The maximum absolute atomic E-state index is 13.2. The van der Waals surface area contributed by atoms with Crippen molar-refractivity contribution in [2.24, 2.45) is 0 Å². The molecule has 4 rings (SSSR count). The number of hydrogen-bond acceptors (Lipinski definition) is 4. The highest BCUT2D eigenvalue weighted by atomic mass is 35.5. The van der Waals surface area contributed by atoms with Crippen molar-refractivity contribution in [2.75, 3.05) is 26.2 Å². The van der Waals surface area contributed by atoms with Gasteiger partial charge in [0.25, 0.3) is 5.91 Å². The first kappa shape index (κ1) is 20.1. The molecule has 0 saturated carbocycles. The highest BCUT2D eigenvalue weighted by Crippen LogP contribution is 2.26. The van der Waals surface area contributed by atoms with Crippen LogP contribution in [0.25, 0.3) is 11.3 Å². The van der Waals surface area contributed by atoms with E-state index in [2.05, 4.69) is 6.07 Å². The Kier molecular flexibility index (Phi) is 5.84. The van der Waals surface area contributed by atoms with Crippen LogP contribution in [0, 0.1) is 17.1 Å². The lowest BCUT2D eigenvalue weighted by molar-refractivity contribution is 0.0577. The SMILES string of the molecule is N#CC(c1ccc(F)cc1)N1CCN(C(=O)c2ccc(-c3ccc(Cl)cc3)o2)CC1. The lowest BCUT2D eigenvalue weighted by atomic mass is 10.1. The topological polar surface area (TPSA) is 60.5 Å². The predicted molar refractivity (Wildman–Crippen MR) is 111 cm³/mol. The van der Waals surface area contributed by atoms with E-state index in [1.54, 1.807) is 41.3 Å². The molecule has 2 heterocycles. The van der Waals surface area contributed by atoms with Gasteiger partial charge in [0.1, 0.15) is 17.6 Å². The third-order valence-electron chi connectivity index (χ3n) is 5.22. The number of amides is 1.